The monoisotopic (exact) mass is 274 g/mol. The smallest absolute Gasteiger partial charge is 0.222 e. The standard InChI is InChI=1S/C14H30N2O3/c1-5-10(4)12(8-17)16-14(19)7-13(18)11(15)6-9(2)3/h9-13,17-18H,5-8,15H2,1-4H3,(H,16,19)/t10-,11-,12+,13-/m0/s1. The molecule has 0 aliphatic carbocycles. The topological polar surface area (TPSA) is 95.6 Å². The predicted octanol–water partition coefficient (Wildman–Crippen LogP) is 0.634. The van der Waals surface area contributed by atoms with Crippen LogP contribution in [0.4, 0.5) is 0 Å². The minimum absolute atomic E-state index is 0.0131. The van der Waals surface area contributed by atoms with Crippen LogP contribution in [-0.4, -0.2) is 40.9 Å². The lowest BCUT2D eigenvalue weighted by Crippen LogP contribution is -2.45. The average molecular weight is 274 g/mol. The SMILES string of the molecule is CC[C@H](C)[C@@H](CO)NC(=O)C[C@H](O)[C@@H](N)CC(C)C. The van der Waals surface area contributed by atoms with Gasteiger partial charge in [0.25, 0.3) is 0 Å². The molecule has 5 heteroatoms. The molecule has 19 heavy (non-hydrogen) atoms. The lowest BCUT2D eigenvalue weighted by molar-refractivity contribution is -0.124. The molecule has 114 valence electrons. The molecule has 5 nitrogen and oxygen atoms in total. The van der Waals surface area contributed by atoms with Crippen molar-refractivity contribution in [3.63, 3.8) is 0 Å². The van der Waals surface area contributed by atoms with Crippen LogP contribution < -0.4 is 11.1 Å². The molecule has 0 aromatic heterocycles. The van der Waals surface area contributed by atoms with E-state index in [0.717, 1.165) is 6.42 Å². The molecule has 0 aromatic carbocycles. The second-order valence-electron chi connectivity index (χ2n) is 5.81. The summed E-state index contributed by atoms with van der Waals surface area (Å²) >= 11 is 0. The van der Waals surface area contributed by atoms with E-state index in [2.05, 4.69) is 5.32 Å². The van der Waals surface area contributed by atoms with Crippen molar-refractivity contribution in [2.45, 2.75) is 65.1 Å². The van der Waals surface area contributed by atoms with Crippen LogP contribution in [0.5, 0.6) is 0 Å². The zero-order valence-corrected chi connectivity index (χ0v) is 12.6. The van der Waals surface area contributed by atoms with Gasteiger partial charge in [0, 0.05) is 6.04 Å². The summed E-state index contributed by atoms with van der Waals surface area (Å²) in [6, 6.07) is -0.645. The van der Waals surface area contributed by atoms with Crippen LogP contribution in [0, 0.1) is 11.8 Å². The summed E-state index contributed by atoms with van der Waals surface area (Å²) in [6.07, 6.45) is 0.712. The van der Waals surface area contributed by atoms with E-state index in [4.69, 9.17) is 5.73 Å². The Bertz CT molecular complexity index is 259. The van der Waals surface area contributed by atoms with Crippen molar-refractivity contribution in [3.05, 3.63) is 0 Å². The Morgan fingerprint density at radius 1 is 1.32 bits per heavy atom. The van der Waals surface area contributed by atoms with Gasteiger partial charge in [-0.15, -0.1) is 0 Å². The molecule has 0 bridgehead atoms. The third-order valence-electron chi connectivity index (χ3n) is 3.51. The van der Waals surface area contributed by atoms with Gasteiger partial charge in [0.2, 0.25) is 5.91 Å². The molecule has 0 heterocycles. The molecule has 0 rings (SSSR count). The predicted molar refractivity (Wildman–Crippen MR) is 76.5 cm³/mol. The van der Waals surface area contributed by atoms with E-state index in [1.807, 2.05) is 27.7 Å². The molecular formula is C14H30N2O3. The zero-order valence-electron chi connectivity index (χ0n) is 12.6. The van der Waals surface area contributed by atoms with Crippen LogP contribution in [0.25, 0.3) is 0 Å². The fraction of sp³-hybridized carbons (Fsp3) is 0.929. The largest absolute Gasteiger partial charge is 0.394 e. The Kier molecular flexibility index (Phi) is 8.97. The van der Waals surface area contributed by atoms with E-state index in [9.17, 15) is 15.0 Å². The third-order valence-corrected chi connectivity index (χ3v) is 3.51. The molecule has 0 radical (unpaired) electrons. The van der Waals surface area contributed by atoms with Crippen LogP contribution in [-0.2, 0) is 4.79 Å². The Morgan fingerprint density at radius 2 is 1.89 bits per heavy atom. The second kappa shape index (κ2) is 9.28. The Hall–Kier alpha value is -0.650. The molecule has 0 fully saturated rings. The van der Waals surface area contributed by atoms with Gasteiger partial charge in [-0.1, -0.05) is 34.1 Å². The van der Waals surface area contributed by atoms with Gasteiger partial charge in [-0.05, 0) is 18.3 Å². The van der Waals surface area contributed by atoms with Crippen molar-refractivity contribution in [1.29, 1.82) is 0 Å². The van der Waals surface area contributed by atoms with Crippen molar-refractivity contribution in [2.24, 2.45) is 17.6 Å². The number of rotatable bonds is 9. The van der Waals surface area contributed by atoms with Gasteiger partial charge in [-0.2, -0.15) is 0 Å². The number of amides is 1. The lowest BCUT2D eigenvalue weighted by atomic mass is 9.97. The quantitative estimate of drug-likeness (QED) is 0.496. The van der Waals surface area contributed by atoms with E-state index < -0.39 is 6.10 Å². The minimum atomic E-state index is -0.835. The Morgan fingerprint density at radius 3 is 2.32 bits per heavy atom. The summed E-state index contributed by atoms with van der Waals surface area (Å²) in [6.45, 7) is 7.94. The molecule has 0 saturated carbocycles. The van der Waals surface area contributed by atoms with Crippen molar-refractivity contribution in [2.75, 3.05) is 6.61 Å². The van der Waals surface area contributed by atoms with E-state index in [0.29, 0.717) is 12.3 Å². The molecule has 0 aromatic rings. The number of hydrogen-bond donors (Lipinski definition) is 4. The van der Waals surface area contributed by atoms with E-state index in [1.165, 1.54) is 0 Å². The number of nitrogens with two attached hydrogens (primary N) is 1. The summed E-state index contributed by atoms with van der Waals surface area (Å²) in [5.74, 6) is 0.333. The number of hydrogen-bond acceptors (Lipinski definition) is 4. The van der Waals surface area contributed by atoms with Gasteiger partial charge in [-0.3, -0.25) is 4.79 Å². The number of carbonyl (C=O) groups is 1. The molecule has 5 N–H and O–H groups in total. The van der Waals surface area contributed by atoms with Gasteiger partial charge in [0.05, 0.1) is 25.2 Å². The van der Waals surface area contributed by atoms with Crippen molar-refractivity contribution in [3.8, 4) is 0 Å². The minimum Gasteiger partial charge on any atom is -0.394 e. The molecule has 0 unspecified atom stereocenters. The number of nitrogens with one attached hydrogen (secondary N) is 1. The summed E-state index contributed by atoms with van der Waals surface area (Å²) < 4.78 is 0. The summed E-state index contributed by atoms with van der Waals surface area (Å²) in [7, 11) is 0. The molecule has 0 saturated heterocycles. The Balaban J connectivity index is 4.21. The maximum atomic E-state index is 11.8. The highest BCUT2D eigenvalue weighted by molar-refractivity contribution is 5.76. The van der Waals surface area contributed by atoms with Crippen molar-refractivity contribution < 1.29 is 15.0 Å². The van der Waals surface area contributed by atoms with Crippen LogP contribution in [0.3, 0.4) is 0 Å². The molecule has 0 aliphatic rings. The van der Waals surface area contributed by atoms with Crippen molar-refractivity contribution >= 4 is 5.91 Å². The zero-order chi connectivity index (χ0) is 15.0. The summed E-state index contributed by atoms with van der Waals surface area (Å²) in [5, 5.41) is 21.9. The van der Waals surface area contributed by atoms with E-state index in [1.54, 1.807) is 0 Å². The highest BCUT2D eigenvalue weighted by atomic mass is 16.3. The highest BCUT2D eigenvalue weighted by Gasteiger charge is 2.22. The van der Waals surface area contributed by atoms with Gasteiger partial charge in [-0.25, -0.2) is 0 Å². The number of aliphatic hydroxyl groups is 2. The molecular weight excluding hydrogens is 244 g/mol. The highest BCUT2D eigenvalue weighted by Crippen LogP contribution is 2.10. The van der Waals surface area contributed by atoms with Crippen molar-refractivity contribution in [1.82, 2.24) is 5.32 Å². The van der Waals surface area contributed by atoms with Gasteiger partial charge in [0.1, 0.15) is 0 Å². The second-order valence-corrected chi connectivity index (χ2v) is 5.81. The first kappa shape index (κ1) is 18.4. The fourth-order valence-electron chi connectivity index (χ4n) is 1.96. The fourth-order valence-corrected chi connectivity index (χ4v) is 1.96. The van der Waals surface area contributed by atoms with Crippen LogP contribution >= 0.6 is 0 Å². The number of aliphatic hydroxyl groups excluding tert-OH is 2. The van der Waals surface area contributed by atoms with Gasteiger partial charge in [0.15, 0.2) is 0 Å². The average Bonchev–Trinajstić information content (AvgIpc) is 2.33. The molecule has 0 spiro atoms. The third kappa shape index (κ3) is 7.50. The van der Waals surface area contributed by atoms with E-state index in [-0.39, 0.29) is 36.9 Å². The normalized spacial score (nSPS) is 17.9. The first-order valence-corrected chi connectivity index (χ1v) is 7.15. The van der Waals surface area contributed by atoms with Crippen LogP contribution in [0.2, 0.25) is 0 Å². The Labute approximate surface area is 116 Å². The maximum Gasteiger partial charge on any atom is 0.222 e. The molecule has 4 atom stereocenters. The van der Waals surface area contributed by atoms with Crippen LogP contribution in [0.1, 0.15) is 47.0 Å². The maximum absolute atomic E-state index is 11.8. The van der Waals surface area contributed by atoms with Gasteiger partial charge < -0.3 is 21.3 Å². The number of carbonyl (C=O) groups excluding carboxylic acids is 1. The first-order valence-electron chi connectivity index (χ1n) is 7.15. The van der Waals surface area contributed by atoms with Gasteiger partial charge >= 0.3 is 0 Å². The first-order chi connectivity index (χ1) is 8.81. The lowest BCUT2D eigenvalue weighted by Gasteiger charge is -2.24. The summed E-state index contributed by atoms with van der Waals surface area (Å²) in [5.41, 5.74) is 5.84. The van der Waals surface area contributed by atoms with E-state index >= 15 is 0 Å². The van der Waals surface area contributed by atoms with Crippen LogP contribution in [0.15, 0.2) is 0 Å². The molecule has 0 aliphatic heterocycles. The summed E-state index contributed by atoms with van der Waals surface area (Å²) in [4.78, 5) is 11.8. The molecule has 1 amide bonds.